The largest absolute Gasteiger partial charge is 0.313 e. The highest BCUT2D eigenvalue weighted by atomic mass is 32.1. The first-order chi connectivity index (χ1) is 7.18. The Hall–Kier alpha value is -1.56. The van der Waals surface area contributed by atoms with Crippen LogP contribution in [0.2, 0.25) is 0 Å². The lowest BCUT2D eigenvalue weighted by atomic mass is 10.1. The summed E-state index contributed by atoms with van der Waals surface area (Å²) in [7, 11) is 1.82. The van der Waals surface area contributed by atoms with Crippen LogP contribution in [0.25, 0.3) is 0 Å². The third-order valence-corrected chi connectivity index (χ3v) is 2.66. The quantitative estimate of drug-likeness (QED) is 0.728. The van der Waals surface area contributed by atoms with Crippen LogP contribution in [0.3, 0.4) is 0 Å². The molecule has 0 aliphatic carbocycles. The van der Waals surface area contributed by atoms with E-state index in [1.165, 1.54) is 12.5 Å². The first kappa shape index (κ1) is 9.97. The third-order valence-electron chi connectivity index (χ3n) is 2.08. The van der Waals surface area contributed by atoms with Crippen molar-refractivity contribution in [1.29, 1.82) is 0 Å². The number of aryl methyl sites for hydroxylation is 1. The molecular formula is C9H10N4OS. The van der Waals surface area contributed by atoms with Crippen LogP contribution >= 0.6 is 12.6 Å². The highest BCUT2D eigenvalue weighted by Gasteiger charge is 2.14. The first-order valence-electron chi connectivity index (χ1n) is 4.37. The lowest BCUT2D eigenvalue weighted by Gasteiger charge is -2.05. The van der Waals surface area contributed by atoms with Gasteiger partial charge in [-0.1, -0.05) is 0 Å². The molecule has 0 aromatic carbocycles. The smallest absolute Gasteiger partial charge is 0.255 e. The van der Waals surface area contributed by atoms with E-state index in [2.05, 4.69) is 27.7 Å². The number of nitrogens with zero attached hydrogens (tertiary/aromatic N) is 3. The maximum absolute atomic E-state index is 11.5. The second-order valence-corrected chi connectivity index (χ2v) is 3.70. The van der Waals surface area contributed by atoms with Crippen molar-refractivity contribution in [1.82, 2.24) is 19.7 Å². The maximum Gasteiger partial charge on any atom is 0.255 e. The minimum absolute atomic E-state index is 0.172. The summed E-state index contributed by atoms with van der Waals surface area (Å²) >= 11 is 4.38. The van der Waals surface area contributed by atoms with E-state index < -0.39 is 0 Å². The summed E-state index contributed by atoms with van der Waals surface area (Å²) < 4.78 is 1.67. The van der Waals surface area contributed by atoms with Gasteiger partial charge >= 0.3 is 0 Å². The maximum atomic E-state index is 11.5. The van der Waals surface area contributed by atoms with Crippen LogP contribution in [0.5, 0.6) is 0 Å². The van der Waals surface area contributed by atoms with Crippen molar-refractivity contribution in [2.75, 3.05) is 0 Å². The van der Waals surface area contributed by atoms with E-state index in [1.54, 1.807) is 10.9 Å². The van der Waals surface area contributed by atoms with Crippen molar-refractivity contribution < 1.29 is 0 Å². The minimum atomic E-state index is -0.295. The fourth-order valence-electron chi connectivity index (χ4n) is 1.31. The SMILES string of the molecule is Cn1cc(C(S)c2cnc[nH]c2=O)cn1. The molecule has 1 atom stereocenters. The lowest BCUT2D eigenvalue weighted by molar-refractivity contribution is 0.767. The predicted molar refractivity (Wildman–Crippen MR) is 58.9 cm³/mol. The average Bonchev–Trinajstić information content (AvgIpc) is 2.65. The van der Waals surface area contributed by atoms with Crippen molar-refractivity contribution in [3.8, 4) is 0 Å². The molecule has 0 fully saturated rings. The van der Waals surface area contributed by atoms with E-state index >= 15 is 0 Å². The summed E-state index contributed by atoms with van der Waals surface area (Å²) in [6, 6.07) is 0. The van der Waals surface area contributed by atoms with Gasteiger partial charge in [0.15, 0.2) is 0 Å². The summed E-state index contributed by atoms with van der Waals surface area (Å²) in [5.74, 6) is 0. The van der Waals surface area contributed by atoms with Crippen LogP contribution in [-0.4, -0.2) is 19.7 Å². The Kier molecular flexibility index (Phi) is 2.59. The molecule has 2 aromatic rings. The van der Waals surface area contributed by atoms with Crippen LogP contribution in [0.1, 0.15) is 16.4 Å². The van der Waals surface area contributed by atoms with E-state index in [-0.39, 0.29) is 10.8 Å². The van der Waals surface area contributed by atoms with Gasteiger partial charge in [0.05, 0.1) is 23.3 Å². The number of thiol groups is 1. The molecule has 0 radical (unpaired) electrons. The molecule has 0 spiro atoms. The topological polar surface area (TPSA) is 63.6 Å². The standard InChI is InChI=1S/C9H10N4OS/c1-13-4-6(2-12-13)8(15)7-3-10-5-11-9(7)14/h2-5,8,15H,1H3,(H,10,11,14). The molecule has 2 rings (SSSR count). The Morgan fingerprint density at radius 3 is 2.93 bits per heavy atom. The zero-order valence-electron chi connectivity index (χ0n) is 8.08. The van der Waals surface area contributed by atoms with Crippen molar-refractivity contribution in [3.05, 3.63) is 46.4 Å². The van der Waals surface area contributed by atoms with E-state index in [4.69, 9.17) is 0 Å². The lowest BCUT2D eigenvalue weighted by Crippen LogP contribution is -2.14. The number of hydrogen-bond donors (Lipinski definition) is 2. The number of rotatable bonds is 2. The number of aromatic nitrogens is 4. The van der Waals surface area contributed by atoms with Crippen LogP contribution in [-0.2, 0) is 7.05 Å². The fourth-order valence-corrected chi connectivity index (χ4v) is 1.63. The van der Waals surface area contributed by atoms with Gasteiger partial charge in [-0.3, -0.25) is 9.48 Å². The molecule has 1 N–H and O–H groups in total. The minimum Gasteiger partial charge on any atom is -0.313 e. The molecule has 0 amide bonds. The molecule has 78 valence electrons. The fraction of sp³-hybridized carbons (Fsp3) is 0.222. The number of nitrogens with one attached hydrogen (secondary N) is 1. The van der Waals surface area contributed by atoms with Gasteiger partial charge < -0.3 is 4.98 Å². The van der Waals surface area contributed by atoms with E-state index in [0.29, 0.717) is 5.56 Å². The number of H-pyrrole nitrogens is 1. The molecular weight excluding hydrogens is 212 g/mol. The molecule has 2 aromatic heterocycles. The van der Waals surface area contributed by atoms with Gasteiger partial charge in [0, 0.05) is 25.0 Å². The number of hydrogen-bond acceptors (Lipinski definition) is 4. The molecule has 0 bridgehead atoms. The Labute approximate surface area is 91.6 Å². The van der Waals surface area contributed by atoms with Crippen molar-refractivity contribution in [2.45, 2.75) is 5.25 Å². The Bertz CT molecular complexity index is 519. The van der Waals surface area contributed by atoms with Crippen molar-refractivity contribution in [2.24, 2.45) is 7.05 Å². The molecule has 6 heteroatoms. The first-order valence-corrected chi connectivity index (χ1v) is 4.89. The molecule has 0 aliphatic heterocycles. The van der Waals surface area contributed by atoms with Crippen molar-refractivity contribution in [3.63, 3.8) is 0 Å². The molecule has 2 heterocycles. The van der Waals surface area contributed by atoms with Gasteiger partial charge in [0.2, 0.25) is 0 Å². The van der Waals surface area contributed by atoms with Crippen LogP contribution in [0.4, 0.5) is 0 Å². The van der Waals surface area contributed by atoms with Crippen LogP contribution < -0.4 is 5.56 Å². The monoisotopic (exact) mass is 222 g/mol. The van der Waals surface area contributed by atoms with Gasteiger partial charge in [0.25, 0.3) is 5.56 Å². The highest BCUT2D eigenvalue weighted by molar-refractivity contribution is 7.80. The van der Waals surface area contributed by atoms with E-state index in [0.717, 1.165) is 5.56 Å². The Morgan fingerprint density at radius 1 is 1.53 bits per heavy atom. The van der Waals surface area contributed by atoms with Crippen molar-refractivity contribution >= 4 is 12.6 Å². The van der Waals surface area contributed by atoms with Gasteiger partial charge in [-0.25, -0.2) is 4.98 Å². The third kappa shape index (κ3) is 1.94. The average molecular weight is 222 g/mol. The summed E-state index contributed by atoms with van der Waals surface area (Å²) in [6.45, 7) is 0. The summed E-state index contributed by atoms with van der Waals surface area (Å²) in [5.41, 5.74) is 1.22. The second kappa shape index (κ2) is 3.90. The molecule has 0 saturated heterocycles. The second-order valence-electron chi connectivity index (χ2n) is 3.19. The zero-order valence-corrected chi connectivity index (χ0v) is 8.98. The van der Waals surface area contributed by atoms with Crippen LogP contribution in [0.15, 0.2) is 29.7 Å². The highest BCUT2D eigenvalue weighted by Crippen LogP contribution is 2.24. The summed E-state index contributed by atoms with van der Waals surface area (Å²) in [4.78, 5) is 17.9. The zero-order chi connectivity index (χ0) is 10.8. The van der Waals surface area contributed by atoms with Gasteiger partial charge in [0.1, 0.15) is 0 Å². The normalized spacial score (nSPS) is 12.7. The number of aromatic amines is 1. The van der Waals surface area contributed by atoms with Crippen LogP contribution in [0, 0.1) is 0 Å². The summed E-state index contributed by atoms with van der Waals surface area (Å²) in [6.07, 6.45) is 6.38. The molecule has 0 aliphatic rings. The molecule has 15 heavy (non-hydrogen) atoms. The van der Waals surface area contributed by atoms with Gasteiger partial charge in [-0.15, -0.1) is 0 Å². The summed E-state index contributed by atoms with van der Waals surface area (Å²) in [5, 5.41) is 3.73. The van der Waals surface area contributed by atoms with E-state index in [1.807, 2.05) is 13.2 Å². The predicted octanol–water partition coefficient (Wildman–Crippen LogP) is 0.523. The van der Waals surface area contributed by atoms with Gasteiger partial charge in [-0.05, 0) is 0 Å². The Morgan fingerprint density at radius 2 is 2.33 bits per heavy atom. The van der Waals surface area contributed by atoms with E-state index in [9.17, 15) is 4.79 Å². The molecule has 0 saturated carbocycles. The molecule has 1 unspecified atom stereocenters. The molecule has 5 nitrogen and oxygen atoms in total. The Balaban J connectivity index is 2.41. The van der Waals surface area contributed by atoms with Gasteiger partial charge in [-0.2, -0.15) is 17.7 Å².